The number of methoxy groups -OCH3 is 1. The molecule has 1 amide bonds. The van der Waals surface area contributed by atoms with E-state index in [9.17, 15) is 4.79 Å². The molecular weight excluding hydrogens is 266 g/mol. The van der Waals surface area contributed by atoms with E-state index in [4.69, 9.17) is 4.74 Å². The first-order valence-electron chi connectivity index (χ1n) is 6.74. The van der Waals surface area contributed by atoms with E-state index in [0.29, 0.717) is 0 Å². The van der Waals surface area contributed by atoms with Crippen molar-refractivity contribution in [3.05, 3.63) is 54.4 Å². The topological polar surface area (TPSA) is 63.2 Å². The van der Waals surface area contributed by atoms with Gasteiger partial charge in [-0.15, -0.1) is 0 Å². The molecule has 110 valence electrons. The molecule has 0 bridgehead atoms. The largest absolute Gasteiger partial charge is 0.378 e. The Morgan fingerprint density at radius 3 is 2.57 bits per heavy atom. The monoisotopic (exact) mass is 285 g/mol. The van der Waals surface area contributed by atoms with Crippen LogP contribution in [0.2, 0.25) is 0 Å². The third-order valence-electron chi connectivity index (χ3n) is 3.01. The van der Waals surface area contributed by atoms with E-state index < -0.39 is 0 Å². The Hall–Kier alpha value is -2.40. The zero-order valence-electron chi connectivity index (χ0n) is 12.2. The quantitative estimate of drug-likeness (QED) is 0.856. The number of amides is 1. The van der Waals surface area contributed by atoms with Crippen LogP contribution in [0, 0.1) is 0 Å². The number of anilines is 2. The Labute approximate surface area is 124 Å². The Balaban J connectivity index is 1.95. The summed E-state index contributed by atoms with van der Waals surface area (Å²) in [4.78, 5) is 15.5. The third-order valence-corrected chi connectivity index (χ3v) is 3.01. The predicted molar refractivity (Wildman–Crippen MR) is 83.2 cm³/mol. The van der Waals surface area contributed by atoms with Gasteiger partial charge >= 0.3 is 0 Å². The molecule has 2 N–H and O–H groups in total. The molecule has 0 saturated heterocycles. The van der Waals surface area contributed by atoms with Gasteiger partial charge in [-0.25, -0.2) is 0 Å². The lowest BCUT2D eigenvalue weighted by molar-refractivity contribution is -0.119. The summed E-state index contributed by atoms with van der Waals surface area (Å²) in [6.45, 7) is 2.13. The van der Waals surface area contributed by atoms with E-state index in [1.165, 1.54) is 7.11 Å². The van der Waals surface area contributed by atoms with Crippen LogP contribution in [-0.4, -0.2) is 24.6 Å². The highest BCUT2D eigenvalue weighted by molar-refractivity contribution is 5.91. The van der Waals surface area contributed by atoms with Gasteiger partial charge in [0.25, 0.3) is 0 Å². The van der Waals surface area contributed by atoms with Crippen LogP contribution in [0.15, 0.2) is 48.8 Å². The zero-order chi connectivity index (χ0) is 15.1. The highest BCUT2D eigenvalue weighted by Crippen LogP contribution is 2.20. The summed E-state index contributed by atoms with van der Waals surface area (Å²) >= 11 is 0. The maximum absolute atomic E-state index is 11.4. The van der Waals surface area contributed by atoms with Crippen LogP contribution in [0.1, 0.15) is 18.5 Å². The number of rotatable bonds is 6. The molecule has 2 aromatic rings. The molecule has 1 heterocycles. The van der Waals surface area contributed by atoms with Gasteiger partial charge in [-0.2, -0.15) is 0 Å². The van der Waals surface area contributed by atoms with Crippen molar-refractivity contribution >= 4 is 17.3 Å². The summed E-state index contributed by atoms with van der Waals surface area (Å²) in [6.07, 6.45) is 3.60. The summed E-state index contributed by atoms with van der Waals surface area (Å²) in [7, 11) is 1.49. The number of ether oxygens (including phenoxy) is 1. The standard InChI is InChI=1S/C16H19N3O2/c1-12(13-4-3-9-17-10-13)18-14-5-7-15(8-6-14)19-16(20)11-21-2/h3-10,12,18H,11H2,1-2H3,(H,19,20). The summed E-state index contributed by atoms with van der Waals surface area (Å²) in [5, 5.41) is 6.14. The average molecular weight is 285 g/mol. The van der Waals surface area contributed by atoms with Crippen molar-refractivity contribution in [3.63, 3.8) is 0 Å². The van der Waals surface area contributed by atoms with Crippen molar-refractivity contribution in [1.29, 1.82) is 0 Å². The molecule has 0 spiro atoms. The van der Waals surface area contributed by atoms with Crippen LogP contribution in [0.25, 0.3) is 0 Å². The van der Waals surface area contributed by atoms with Crippen molar-refractivity contribution in [2.45, 2.75) is 13.0 Å². The van der Waals surface area contributed by atoms with E-state index in [0.717, 1.165) is 16.9 Å². The second-order valence-electron chi connectivity index (χ2n) is 4.71. The van der Waals surface area contributed by atoms with Crippen LogP contribution in [-0.2, 0) is 9.53 Å². The first kappa shape index (κ1) is 15.0. The van der Waals surface area contributed by atoms with Gasteiger partial charge < -0.3 is 15.4 Å². The summed E-state index contributed by atoms with van der Waals surface area (Å²) in [5.41, 5.74) is 2.85. The maximum Gasteiger partial charge on any atom is 0.250 e. The molecular formula is C16H19N3O2. The van der Waals surface area contributed by atoms with Crippen LogP contribution >= 0.6 is 0 Å². The number of carbonyl (C=O) groups is 1. The molecule has 1 atom stereocenters. The number of hydrogen-bond donors (Lipinski definition) is 2. The minimum Gasteiger partial charge on any atom is -0.378 e. The van der Waals surface area contributed by atoms with Gasteiger partial charge in [-0.3, -0.25) is 9.78 Å². The summed E-state index contributed by atoms with van der Waals surface area (Å²) in [5.74, 6) is -0.165. The number of benzene rings is 1. The number of nitrogens with zero attached hydrogens (tertiary/aromatic N) is 1. The normalized spacial score (nSPS) is 11.7. The van der Waals surface area contributed by atoms with Crippen molar-refractivity contribution in [1.82, 2.24) is 4.98 Å². The molecule has 0 aliphatic heterocycles. The maximum atomic E-state index is 11.4. The lowest BCUT2D eigenvalue weighted by atomic mass is 10.1. The number of aromatic nitrogens is 1. The van der Waals surface area contributed by atoms with Crippen LogP contribution in [0.4, 0.5) is 11.4 Å². The Kier molecular flexibility index (Phi) is 5.29. The van der Waals surface area contributed by atoms with E-state index in [1.54, 1.807) is 6.20 Å². The number of pyridine rings is 1. The van der Waals surface area contributed by atoms with E-state index in [1.807, 2.05) is 42.6 Å². The summed E-state index contributed by atoms with van der Waals surface area (Å²) in [6, 6.07) is 11.7. The smallest absolute Gasteiger partial charge is 0.250 e. The van der Waals surface area contributed by atoms with Gasteiger partial charge in [0.1, 0.15) is 6.61 Å². The highest BCUT2D eigenvalue weighted by Gasteiger charge is 2.05. The second-order valence-corrected chi connectivity index (χ2v) is 4.71. The zero-order valence-corrected chi connectivity index (χ0v) is 12.2. The van der Waals surface area contributed by atoms with Crippen molar-refractivity contribution in [2.75, 3.05) is 24.4 Å². The van der Waals surface area contributed by atoms with Crippen LogP contribution in [0.3, 0.4) is 0 Å². The van der Waals surface area contributed by atoms with Gasteiger partial charge in [0.15, 0.2) is 0 Å². The lowest BCUT2D eigenvalue weighted by Gasteiger charge is -2.15. The van der Waals surface area contributed by atoms with Crippen molar-refractivity contribution < 1.29 is 9.53 Å². The fourth-order valence-electron chi connectivity index (χ4n) is 1.94. The van der Waals surface area contributed by atoms with Crippen LogP contribution < -0.4 is 10.6 Å². The van der Waals surface area contributed by atoms with Gasteiger partial charge in [-0.1, -0.05) is 6.07 Å². The Morgan fingerprint density at radius 1 is 1.24 bits per heavy atom. The molecule has 0 saturated carbocycles. The molecule has 2 rings (SSSR count). The first-order valence-corrected chi connectivity index (χ1v) is 6.74. The fraction of sp³-hybridized carbons (Fsp3) is 0.250. The molecule has 1 aromatic carbocycles. The average Bonchev–Trinajstić information content (AvgIpc) is 2.50. The lowest BCUT2D eigenvalue weighted by Crippen LogP contribution is -2.17. The molecule has 1 unspecified atom stereocenters. The van der Waals surface area contributed by atoms with Crippen molar-refractivity contribution in [3.8, 4) is 0 Å². The second kappa shape index (κ2) is 7.40. The molecule has 0 fully saturated rings. The molecule has 0 aliphatic carbocycles. The fourth-order valence-corrected chi connectivity index (χ4v) is 1.94. The van der Waals surface area contributed by atoms with Gasteiger partial charge in [0.05, 0.1) is 6.04 Å². The van der Waals surface area contributed by atoms with Gasteiger partial charge in [0, 0.05) is 30.9 Å². The molecule has 0 aliphatic rings. The molecule has 5 heteroatoms. The van der Waals surface area contributed by atoms with E-state index in [-0.39, 0.29) is 18.6 Å². The molecule has 21 heavy (non-hydrogen) atoms. The minimum atomic E-state index is -0.165. The molecule has 5 nitrogen and oxygen atoms in total. The van der Waals surface area contributed by atoms with Gasteiger partial charge in [-0.05, 0) is 42.8 Å². The van der Waals surface area contributed by atoms with E-state index in [2.05, 4.69) is 22.5 Å². The third kappa shape index (κ3) is 4.57. The minimum absolute atomic E-state index is 0.0536. The Morgan fingerprint density at radius 2 is 1.95 bits per heavy atom. The number of nitrogens with one attached hydrogen (secondary N) is 2. The van der Waals surface area contributed by atoms with Gasteiger partial charge in [0.2, 0.25) is 5.91 Å². The van der Waals surface area contributed by atoms with Crippen molar-refractivity contribution in [2.24, 2.45) is 0 Å². The Bertz CT molecular complexity index is 570. The summed E-state index contributed by atoms with van der Waals surface area (Å²) < 4.78 is 4.77. The van der Waals surface area contributed by atoms with Crippen LogP contribution in [0.5, 0.6) is 0 Å². The predicted octanol–water partition coefficient (Wildman–Crippen LogP) is 2.84. The highest BCUT2D eigenvalue weighted by atomic mass is 16.5. The number of hydrogen-bond acceptors (Lipinski definition) is 4. The number of carbonyl (C=O) groups excluding carboxylic acids is 1. The SMILES string of the molecule is COCC(=O)Nc1ccc(NC(C)c2cccnc2)cc1. The molecule has 0 radical (unpaired) electrons. The molecule has 1 aromatic heterocycles. The van der Waals surface area contributed by atoms with E-state index >= 15 is 0 Å². The first-order chi connectivity index (χ1) is 10.2.